The minimum atomic E-state index is -1.03. The Bertz CT molecular complexity index is 343. The van der Waals surface area contributed by atoms with Gasteiger partial charge in [-0.15, -0.1) is 0 Å². The predicted octanol–water partition coefficient (Wildman–Crippen LogP) is -0.0936. The molecule has 0 aromatic heterocycles. The second-order valence-electron chi connectivity index (χ2n) is 5.01. The van der Waals surface area contributed by atoms with Gasteiger partial charge in [-0.3, -0.25) is 0 Å². The molecule has 2 amide bonds. The zero-order chi connectivity index (χ0) is 13.8. The van der Waals surface area contributed by atoms with Gasteiger partial charge in [0.2, 0.25) is 0 Å². The predicted molar refractivity (Wildman–Crippen MR) is 65.9 cm³/mol. The number of carboxylic acid groups (broad SMARTS) is 1. The van der Waals surface area contributed by atoms with E-state index in [0.29, 0.717) is 19.1 Å². The van der Waals surface area contributed by atoms with Gasteiger partial charge in [0.15, 0.2) is 6.10 Å². The minimum Gasteiger partial charge on any atom is -0.479 e. The number of aliphatic carboxylic acids is 1. The summed E-state index contributed by atoms with van der Waals surface area (Å²) in [6.45, 7) is 4.13. The van der Waals surface area contributed by atoms with Gasteiger partial charge in [0, 0.05) is 25.1 Å². The topological polar surface area (TPSA) is 88.1 Å². The maximum atomic E-state index is 12.1. The lowest BCUT2D eigenvalue weighted by molar-refractivity contribution is -0.154. The van der Waals surface area contributed by atoms with Crippen molar-refractivity contribution < 1.29 is 24.2 Å². The Labute approximate surface area is 111 Å². The van der Waals surface area contributed by atoms with Crippen LogP contribution in [0.5, 0.6) is 0 Å². The van der Waals surface area contributed by atoms with Gasteiger partial charge in [-0.1, -0.05) is 0 Å². The number of nitrogens with zero attached hydrogens (tertiary/aromatic N) is 1. The average Bonchev–Trinajstić information content (AvgIpc) is 2.92. The molecule has 2 saturated heterocycles. The number of morpholine rings is 1. The van der Waals surface area contributed by atoms with Crippen LogP contribution < -0.4 is 5.32 Å². The van der Waals surface area contributed by atoms with Crippen LogP contribution in [0.4, 0.5) is 4.79 Å². The summed E-state index contributed by atoms with van der Waals surface area (Å²) in [6.07, 6.45) is 0.0205. The quantitative estimate of drug-likeness (QED) is 0.749. The SMILES string of the molecule is CC(NC(=O)N1CCOC(C(=O)O)C1)C1CCOC1. The fraction of sp³-hybridized carbons (Fsp3) is 0.833. The van der Waals surface area contributed by atoms with Crippen LogP contribution >= 0.6 is 0 Å². The molecular formula is C12H20N2O5. The molecule has 2 heterocycles. The normalized spacial score (nSPS) is 29.0. The summed E-state index contributed by atoms with van der Waals surface area (Å²) in [4.78, 5) is 24.4. The van der Waals surface area contributed by atoms with E-state index >= 15 is 0 Å². The van der Waals surface area contributed by atoms with Crippen molar-refractivity contribution in [3.8, 4) is 0 Å². The Morgan fingerprint density at radius 1 is 1.42 bits per heavy atom. The number of carboxylic acids is 1. The fourth-order valence-corrected chi connectivity index (χ4v) is 2.33. The van der Waals surface area contributed by atoms with Crippen molar-refractivity contribution in [2.24, 2.45) is 5.92 Å². The van der Waals surface area contributed by atoms with Crippen LogP contribution in [0.3, 0.4) is 0 Å². The first-order chi connectivity index (χ1) is 9.08. The van der Waals surface area contributed by atoms with Gasteiger partial charge < -0.3 is 24.8 Å². The highest BCUT2D eigenvalue weighted by molar-refractivity contribution is 5.77. The van der Waals surface area contributed by atoms with Crippen molar-refractivity contribution in [3.63, 3.8) is 0 Å². The lowest BCUT2D eigenvalue weighted by atomic mass is 10.0. The number of nitrogens with one attached hydrogen (secondary N) is 1. The summed E-state index contributed by atoms with van der Waals surface area (Å²) in [7, 11) is 0. The number of hydrogen-bond donors (Lipinski definition) is 2. The highest BCUT2D eigenvalue weighted by Crippen LogP contribution is 2.16. The van der Waals surface area contributed by atoms with Gasteiger partial charge in [0.05, 0.1) is 19.8 Å². The smallest absolute Gasteiger partial charge is 0.334 e. The zero-order valence-electron chi connectivity index (χ0n) is 11.0. The summed E-state index contributed by atoms with van der Waals surface area (Å²) in [5, 5.41) is 11.8. The van der Waals surface area contributed by atoms with Crippen molar-refractivity contribution in [1.29, 1.82) is 0 Å². The Morgan fingerprint density at radius 2 is 2.21 bits per heavy atom. The highest BCUT2D eigenvalue weighted by atomic mass is 16.5. The average molecular weight is 272 g/mol. The van der Waals surface area contributed by atoms with Crippen LogP contribution in [-0.2, 0) is 14.3 Å². The van der Waals surface area contributed by atoms with E-state index in [9.17, 15) is 9.59 Å². The molecule has 2 aliphatic heterocycles. The molecule has 2 aliphatic rings. The third-order valence-electron chi connectivity index (χ3n) is 3.65. The molecule has 0 aliphatic carbocycles. The molecule has 7 nitrogen and oxygen atoms in total. The Hall–Kier alpha value is -1.34. The van der Waals surface area contributed by atoms with E-state index in [1.807, 2.05) is 6.92 Å². The fourth-order valence-electron chi connectivity index (χ4n) is 2.33. The molecule has 2 rings (SSSR count). The van der Waals surface area contributed by atoms with Gasteiger partial charge in [-0.2, -0.15) is 0 Å². The first kappa shape index (κ1) is 14.1. The van der Waals surface area contributed by atoms with Crippen LogP contribution in [0, 0.1) is 5.92 Å². The maximum absolute atomic E-state index is 12.1. The maximum Gasteiger partial charge on any atom is 0.334 e. The molecule has 7 heteroatoms. The van der Waals surface area contributed by atoms with Crippen LogP contribution in [0.15, 0.2) is 0 Å². The number of urea groups is 1. The second kappa shape index (κ2) is 6.21. The third-order valence-corrected chi connectivity index (χ3v) is 3.65. The standard InChI is InChI=1S/C12H20N2O5/c1-8(9-2-4-18-7-9)13-12(17)14-3-5-19-10(6-14)11(15)16/h8-10H,2-7H2,1H3,(H,13,17)(H,15,16). The molecule has 0 radical (unpaired) electrons. The van der Waals surface area contributed by atoms with E-state index in [4.69, 9.17) is 14.6 Å². The molecule has 3 atom stereocenters. The van der Waals surface area contributed by atoms with E-state index in [-0.39, 0.29) is 25.2 Å². The van der Waals surface area contributed by atoms with E-state index < -0.39 is 12.1 Å². The van der Waals surface area contributed by atoms with Crippen molar-refractivity contribution in [1.82, 2.24) is 10.2 Å². The van der Waals surface area contributed by atoms with E-state index in [1.165, 1.54) is 4.90 Å². The van der Waals surface area contributed by atoms with Gasteiger partial charge >= 0.3 is 12.0 Å². The third kappa shape index (κ3) is 3.57. The molecule has 19 heavy (non-hydrogen) atoms. The Kier molecular flexibility index (Phi) is 4.60. The number of ether oxygens (including phenoxy) is 2. The molecular weight excluding hydrogens is 252 g/mol. The van der Waals surface area contributed by atoms with Crippen LogP contribution in [-0.4, -0.2) is 67.1 Å². The monoisotopic (exact) mass is 272 g/mol. The summed E-state index contributed by atoms with van der Waals surface area (Å²) < 4.78 is 10.4. The van der Waals surface area contributed by atoms with Crippen LogP contribution in [0.1, 0.15) is 13.3 Å². The Morgan fingerprint density at radius 3 is 2.84 bits per heavy atom. The largest absolute Gasteiger partial charge is 0.479 e. The molecule has 3 unspecified atom stereocenters. The first-order valence-electron chi connectivity index (χ1n) is 6.55. The molecule has 0 bridgehead atoms. The van der Waals surface area contributed by atoms with Crippen molar-refractivity contribution in [2.75, 3.05) is 32.9 Å². The highest BCUT2D eigenvalue weighted by Gasteiger charge is 2.31. The molecule has 0 spiro atoms. The van der Waals surface area contributed by atoms with Gasteiger partial charge in [-0.25, -0.2) is 9.59 Å². The van der Waals surface area contributed by atoms with Gasteiger partial charge in [-0.05, 0) is 13.3 Å². The lowest BCUT2D eigenvalue weighted by Crippen LogP contribution is -2.54. The Balaban J connectivity index is 1.83. The van der Waals surface area contributed by atoms with Crippen LogP contribution in [0.2, 0.25) is 0 Å². The summed E-state index contributed by atoms with van der Waals surface area (Å²) in [5.41, 5.74) is 0. The number of carbonyl (C=O) groups excluding carboxylic acids is 1. The zero-order valence-corrected chi connectivity index (χ0v) is 11.0. The van der Waals surface area contributed by atoms with Gasteiger partial charge in [0.1, 0.15) is 0 Å². The number of rotatable bonds is 3. The summed E-state index contributed by atoms with van der Waals surface area (Å²) in [6, 6.07) is -0.199. The second-order valence-corrected chi connectivity index (χ2v) is 5.01. The first-order valence-corrected chi connectivity index (χ1v) is 6.55. The van der Waals surface area contributed by atoms with E-state index in [0.717, 1.165) is 13.0 Å². The van der Waals surface area contributed by atoms with Crippen LogP contribution in [0.25, 0.3) is 0 Å². The van der Waals surface area contributed by atoms with E-state index in [1.54, 1.807) is 0 Å². The molecule has 2 fully saturated rings. The molecule has 2 N–H and O–H groups in total. The van der Waals surface area contributed by atoms with E-state index in [2.05, 4.69) is 5.32 Å². The number of hydrogen-bond acceptors (Lipinski definition) is 4. The van der Waals surface area contributed by atoms with Crippen molar-refractivity contribution in [2.45, 2.75) is 25.5 Å². The molecule has 0 aromatic rings. The summed E-state index contributed by atoms with van der Waals surface area (Å²) in [5.74, 6) is -0.699. The number of amides is 2. The number of carbonyl (C=O) groups is 2. The lowest BCUT2D eigenvalue weighted by Gasteiger charge is -2.32. The van der Waals surface area contributed by atoms with Crippen molar-refractivity contribution >= 4 is 12.0 Å². The molecule has 0 saturated carbocycles. The molecule has 108 valence electrons. The minimum absolute atomic E-state index is 0.0288. The van der Waals surface area contributed by atoms with Gasteiger partial charge in [0.25, 0.3) is 0 Å². The van der Waals surface area contributed by atoms with Crippen molar-refractivity contribution in [3.05, 3.63) is 0 Å². The summed E-state index contributed by atoms with van der Waals surface area (Å²) >= 11 is 0. The molecule has 0 aromatic carbocycles.